The third-order valence-corrected chi connectivity index (χ3v) is 4.80. The van der Waals surface area contributed by atoms with Crippen LogP contribution in [0.5, 0.6) is 10.9 Å². The van der Waals surface area contributed by atoms with Crippen molar-refractivity contribution in [3.63, 3.8) is 0 Å². The minimum Gasteiger partial charge on any atom is -0.430 e. The van der Waals surface area contributed by atoms with Gasteiger partial charge in [-0.3, -0.25) is 4.79 Å². The third-order valence-electron chi connectivity index (χ3n) is 3.92. The Morgan fingerprint density at radius 1 is 1.19 bits per heavy atom. The molecule has 7 heteroatoms. The minimum absolute atomic E-state index is 0.113. The highest BCUT2D eigenvalue weighted by Crippen LogP contribution is 2.29. The molecule has 0 aliphatic heterocycles. The van der Waals surface area contributed by atoms with Gasteiger partial charge in [-0.25, -0.2) is 0 Å². The monoisotopic (exact) mass is 387 g/mol. The molecule has 1 amide bonds. The lowest BCUT2D eigenvalue weighted by Crippen LogP contribution is -2.19. The minimum atomic E-state index is -0.113. The second kappa shape index (κ2) is 7.85. The van der Waals surface area contributed by atoms with E-state index in [9.17, 15) is 4.79 Å². The first-order valence-electron chi connectivity index (χ1n) is 8.04. The summed E-state index contributed by atoms with van der Waals surface area (Å²) in [6.45, 7) is 3.78. The molecule has 0 bridgehead atoms. The maximum Gasteiger partial charge on any atom is 0.298 e. The number of nitrogens with one attached hydrogen (secondary N) is 1. The molecule has 3 rings (SSSR count). The van der Waals surface area contributed by atoms with Gasteiger partial charge in [-0.15, -0.1) is 0 Å². The molecule has 0 aliphatic rings. The molecule has 0 saturated carbocycles. The number of hydrogen-bond acceptors (Lipinski definition) is 5. The molecule has 134 valence electrons. The molecule has 2 aromatic carbocycles. The number of amides is 1. The Bertz CT molecular complexity index is 938. The molecule has 0 aliphatic carbocycles. The summed E-state index contributed by atoms with van der Waals surface area (Å²) >= 11 is 7.11. The fourth-order valence-electron chi connectivity index (χ4n) is 2.51. The number of aromatic nitrogens is 2. The van der Waals surface area contributed by atoms with Crippen molar-refractivity contribution in [2.45, 2.75) is 20.3 Å². The van der Waals surface area contributed by atoms with Crippen LogP contribution in [0, 0.1) is 13.8 Å². The number of hydrogen-bond donors (Lipinski definition) is 1. The lowest BCUT2D eigenvalue weighted by molar-refractivity contribution is 0.0962. The zero-order chi connectivity index (χ0) is 18.7. The van der Waals surface area contributed by atoms with Gasteiger partial charge >= 0.3 is 0 Å². The standard InChI is InChI=1S/C19H18ClN3O2S/c1-11-9-16(12(2)8-15(11)18(24)21-3)25-19-22-17(23-26-19)10-13-4-6-14(20)7-5-13/h4-9H,10H2,1-3H3,(H,21,24). The Labute approximate surface area is 161 Å². The van der Waals surface area contributed by atoms with Crippen LogP contribution in [0.25, 0.3) is 0 Å². The number of carbonyl (C=O) groups is 1. The van der Waals surface area contributed by atoms with Crippen LogP contribution in [-0.4, -0.2) is 22.3 Å². The Morgan fingerprint density at radius 2 is 1.92 bits per heavy atom. The first-order chi connectivity index (χ1) is 12.5. The highest BCUT2D eigenvalue weighted by Gasteiger charge is 2.13. The van der Waals surface area contributed by atoms with Crippen LogP contribution in [-0.2, 0) is 6.42 Å². The second-order valence-corrected chi connectivity index (χ2v) is 7.04. The molecular formula is C19H18ClN3O2S. The van der Waals surface area contributed by atoms with Crippen molar-refractivity contribution in [1.29, 1.82) is 0 Å². The number of aryl methyl sites for hydroxylation is 2. The van der Waals surface area contributed by atoms with E-state index in [-0.39, 0.29) is 5.91 Å². The van der Waals surface area contributed by atoms with Crippen molar-refractivity contribution in [3.05, 3.63) is 69.5 Å². The summed E-state index contributed by atoms with van der Waals surface area (Å²) in [6.07, 6.45) is 0.616. The van der Waals surface area contributed by atoms with Crippen LogP contribution in [0.4, 0.5) is 0 Å². The van der Waals surface area contributed by atoms with Crippen LogP contribution in [0.2, 0.25) is 5.02 Å². The molecule has 0 atom stereocenters. The smallest absolute Gasteiger partial charge is 0.298 e. The molecule has 0 spiro atoms. The molecule has 0 fully saturated rings. The molecule has 5 nitrogen and oxygen atoms in total. The molecule has 26 heavy (non-hydrogen) atoms. The maximum absolute atomic E-state index is 11.9. The summed E-state index contributed by atoms with van der Waals surface area (Å²) in [5.41, 5.74) is 3.43. The number of carbonyl (C=O) groups excluding carboxylic acids is 1. The van der Waals surface area contributed by atoms with E-state index in [1.54, 1.807) is 7.05 Å². The van der Waals surface area contributed by atoms with E-state index >= 15 is 0 Å². The van der Waals surface area contributed by atoms with Crippen LogP contribution in [0.3, 0.4) is 0 Å². The topological polar surface area (TPSA) is 64.1 Å². The molecule has 1 heterocycles. The molecule has 0 radical (unpaired) electrons. The number of nitrogens with zero attached hydrogens (tertiary/aromatic N) is 2. The summed E-state index contributed by atoms with van der Waals surface area (Å²) in [6, 6.07) is 11.3. The number of ether oxygens (including phenoxy) is 1. The predicted molar refractivity (Wildman–Crippen MR) is 104 cm³/mol. The number of halogens is 1. The Hall–Kier alpha value is -2.44. The molecule has 0 unspecified atom stereocenters. The zero-order valence-corrected chi connectivity index (χ0v) is 16.2. The quantitative estimate of drug-likeness (QED) is 0.697. The van der Waals surface area contributed by atoms with Gasteiger partial charge < -0.3 is 10.1 Å². The molecule has 3 aromatic rings. The van der Waals surface area contributed by atoms with Gasteiger partial charge in [0.25, 0.3) is 11.1 Å². The van der Waals surface area contributed by atoms with Gasteiger partial charge in [0.1, 0.15) is 5.75 Å². The molecule has 0 saturated heterocycles. The van der Waals surface area contributed by atoms with Crippen LogP contribution < -0.4 is 10.1 Å². The highest BCUT2D eigenvalue weighted by atomic mass is 35.5. The summed E-state index contributed by atoms with van der Waals surface area (Å²) in [4.78, 5) is 16.3. The van der Waals surface area contributed by atoms with Gasteiger partial charge in [0.05, 0.1) is 0 Å². The first kappa shape index (κ1) is 18.4. The second-order valence-electron chi connectivity index (χ2n) is 5.89. The van der Waals surface area contributed by atoms with E-state index in [0.29, 0.717) is 33.8 Å². The summed E-state index contributed by atoms with van der Waals surface area (Å²) < 4.78 is 10.2. The van der Waals surface area contributed by atoms with E-state index in [0.717, 1.165) is 16.7 Å². The lowest BCUT2D eigenvalue weighted by atomic mass is 10.0. The fourth-order valence-corrected chi connectivity index (χ4v) is 3.20. The van der Waals surface area contributed by atoms with Gasteiger partial charge in [0.15, 0.2) is 5.82 Å². The Morgan fingerprint density at radius 3 is 2.62 bits per heavy atom. The van der Waals surface area contributed by atoms with Crippen LogP contribution >= 0.6 is 23.1 Å². The van der Waals surface area contributed by atoms with Crippen molar-refractivity contribution in [2.75, 3.05) is 7.05 Å². The Kier molecular flexibility index (Phi) is 5.54. The van der Waals surface area contributed by atoms with Gasteiger partial charge in [0, 0.05) is 35.6 Å². The molecular weight excluding hydrogens is 370 g/mol. The van der Waals surface area contributed by atoms with Crippen molar-refractivity contribution in [3.8, 4) is 10.9 Å². The fraction of sp³-hybridized carbons (Fsp3) is 0.211. The van der Waals surface area contributed by atoms with Gasteiger partial charge in [-0.05, 0) is 54.8 Å². The largest absolute Gasteiger partial charge is 0.430 e. The summed E-state index contributed by atoms with van der Waals surface area (Å²) in [7, 11) is 1.62. The van der Waals surface area contributed by atoms with Gasteiger partial charge in [-0.1, -0.05) is 23.7 Å². The number of rotatable bonds is 5. The van der Waals surface area contributed by atoms with E-state index in [4.69, 9.17) is 16.3 Å². The molecule has 1 aromatic heterocycles. The third kappa shape index (κ3) is 4.20. The van der Waals surface area contributed by atoms with Gasteiger partial charge in [0.2, 0.25) is 0 Å². The number of benzene rings is 2. The average Bonchev–Trinajstić information content (AvgIpc) is 3.06. The van der Waals surface area contributed by atoms with E-state index in [1.165, 1.54) is 11.5 Å². The SMILES string of the molecule is CNC(=O)c1cc(C)c(Oc2nc(Cc3ccc(Cl)cc3)ns2)cc1C. The van der Waals surface area contributed by atoms with Crippen LogP contribution in [0.1, 0.15) is 32.9 Å². The lowest BCUT2D eigenvalue weighted by Gasteiger charge is -2.10. The van der Waals surface area contributed by atoms with Gasteiger partial charge in [-0.2, -0.15) is 9.36 Å². The maximum atomic E-state index is 11.9. The summed E-state index contributed by atoms with van der Waals surface area (Å²) in [5.74, 6) is 1.26. The normalized spacial score (nSPS) is 10.6. The van der Waals surface area contributed by atoms with Crippen molar-refractivity contribution in [1.82, 2.24) is 14.7 Å². The average molecular weight is 388 g/mol. The predicted octanol–water partition coefficient (Wildman–Crippen LogP) is 4.55. The summed E-state index contributed by atoms with van der Waals surface area (Å²) in [5, 5.41) is 3.82. The van der Waals surface area contributed by atoms with E-state index < -0.39 is 0 Å². The van der Waals surface area contributed by atoms with Crippen LogP contribution in [0.15, 0.2) is 36.4 Å². The molecule has 1 N–H and O–H groups in total. The first-order valence-corrected chi connectivity index (χ1v) is 9.19. The van der Waals surface area contributed by atoms with E-state index in [2.05, 4.69) is 14.7 Å². The highest BCUT2D eigenvalue weighted by molar-refractivity contribution is 7.07. The zero-order valence-electron chi connectivity index (χ0n) is 14.7. The Balaban J connectivity index is 1.75. The van der Waals surface area contributed by atoms with E-state index in [1.807, 2.05) is 50.2 Å². The van der Waals surface area contributed by atoms with Crippen molar-refractivity contribution in [2.24, 2.45) is 0 Å². The van der Waals surface area contributed by atoms with Crippen molar-refractivity contribution >= 4 is 29.0 Å². The van der Waals surface area contributed by atoms with Crippen molar-refractivity contribution < 1.29 is 9.53 Å².